The lowest BCUT2D eigenvalue weighted by atomic mass is 10.0. The summed E-state index contributed by atoms with van der Waals surface area (Å²) in [6.07, 6.45) is 3.07. The maximum absolute atomic E-state index is 12.8. The van der Waals surface area contributed by atoms with E-state index in [0.29, 0.717) is 33.7 Å². The first kappa shape index (κ1) is 27.0. The zero-order valence-electron chi connectivity index (χ0n) is 21.1. The zero-order valence-corrected chi connectivity index (χ0v) is 22.7. The fraction of sp³-hybridized carbons (Fsp3) is 0.133. The van der Waals surface area contributed by atoms with Gasteiger partial charge in [-0.25, -0.2) is 4.79 Å². The predicted molar refractivity (Wildman–Crippen MR) is 152 cm³/mol. The smallest absolute Gasteiger partial charge is 0.341 e. The Morgan fingerprint density at radius 3 is 2.39 bits per heavy atom. The normalized spacial score (nSPS) is 10.8. The third-order valence-corrected chi connectivity index (χ3v) is 6.97. The second-order valence-electron chi connectivity index (χ2n) is 8.24. The van der Waals surface area contributed by atoms with Gasteiger partial charge in [0.2, 0.25) is 5.91 Å². The van der Waals surface area contributed by atoms with Crippen molar-refractivity contribution in [3.05, 3.63) is 105 Å². The van der Waals surface area contributed by atoms with E-state index in [4.69, 9.17) is 25.8 Å². The molecule has 0 saturated carbocycles. The number of benzene rings is 3. The van der Waals surface area contributed by atoms with Gasteiger partial charge in [0.15, 0.2) is 11.5 Å². The molecule has 0 unspecified atom stereocenters. The van der Waals surface area contributed by atoms with Crippen LogP contribution in [0.25, 0.3) is 17.2 Å². The molecule has 1 amide bonds. The molecular weight excluding hydrogens is 522 g/mol. The molecule has 0 spiro atoms. The number of ether oxygens (including phenoxy) is 3. The average molecular weight is 548 g/mol. The molecule has 0 aliphatic carbocycles. The van der Waals surface area contributed by atoms with Gasteiger partial charge in [-0.2, -0.15) is 0 Å². The van der Waals surface area contributed by atoms with Crippen LogP contribution < -0.4 is 14.8 Å². The summed E-state index contributed by atoms with van der Waals surface area (Å²) in [5.41, 5.74) is 3.69. The van der Waals surface area contributed by atoms with E-state index in [9.17, 15) is 9.59 Å². The summed E-state index contributed by atoms with van der Waals surface area (Å²) in [5, 5.41) is 3.94. The van der Waals surface area contributed by atoms with Gasteiger partial charge < -0.3 is 19.5 Å². The van der Waals surface area contributed by atoms with Crippen molar-refractivity contribution < 1.29 is 23.8 Å². The lowest BCUT2D eigenvalue weighted by molar-refractivity contribution is -0.111. The molecule has 6 nitrogen and oxygen atoms in total. The number of hydrogen-bond donors (Lipinski definition) is 1. The molecule has 1 N–H and O–H groups in total. The number of aryl methyl sites for hydroxylation is 1. The second kappa shape index (κ2) is 12.4. The minimum Gasteiger partial charge on any atom is -0.493 e. The number of methoxy groups -OCH3 is 2. The monoisotopic (exact) mass is 547 g/mol. The van der Waals surface area contributed by atoms with Crippen LogP contribution in [0.1, 0.15) is 26.4 Å². The van der Waals surface area contributed by atoms with Crippen LogP contribution in [0.3, 0.4) is 0 Å². The van der Waals surface area contributed by atoms with Gasteiger partial charge in [0.1, 0.15) is 17.2 Å². The molecule has 0 radical (unpaired) electrons. The molecule has 38 heavy (non-hydrogen) atoms. The van der Waals surface area contributed by atoms with Gasteiger partial charge in [-0.15, -0.1) is 11.3 Å². The Balaban J connectivity index is 1.49. The van der Waals surface area contributed by atoms with Gasteiger partial charge in [-0.1, -0.05) is 60.1 Å². The molecule has 194 valence electrons. The molecule has 0 saturated heterocycles. The average Bonchev–Trinajstić information content (AvgIpc) is 3.26. The molecule has 1 heterocycles. The molecule has 0 aliphatic heterocycles. The van der Waals surface area contributed by atoms with E-state index in [0.717, 1.165) is 27.1 Å². The Hall–Kier alpha value is -4.07. The van der Waals surface area contributed by atoms with Crippen molar-refractivity contribution in [2.75, 3.05) is 19.5 Å². The third-order valence-electron chi connectivity index (χ3n) is 5.70. The maximum atomic E-state index is 12.8. The van der Waals surface area contributed by atoms with E-state index >= 15 is 0 Å². The SMILES string of the molecule is COC(=O)c1c(NC(=O)C=Cc2ccc(OCc3ccc(Cl)cc3)c(OC)c2)sc(C)c1-c1ccccc1. The van der Waals surface area contributed by atoms with Crippen LogP contribution in [0.15, 0.2) is 78.9 Å². The van der Waals surface area contributed by atoms with E-state index in [1.54, 1.807) is 25.3 Å². The summed E-state index contributed by atoms with van der Waals surface area (Å²) in [6, 6.07) is 22.4. The fourth-order valence-corrected chi connectivity index (χ4v) is 5.05. The number of anilines is 1. The Labute approximate surface area is 230 Å². The second-order valence-corrected chi connectivity index (χ2v) is 9.90. The number of nitrogens with one attached hydrogen (secondary N) is 1. The molecule has 8 heteroatoms. The predicted octanol–water partition coefficient (Wildman–Crippen LogP) is 7.40. The van der Waals surface area contributed by atoms with Crippen molar-refractivity contribution in [2.45, 2.75) is 13.5 Å². The van der Waals surface area contributed by atoms with Crippen LogP contribution in [0.2, 0.25) is 5.02 Å². The number of halogens is 1. The van der Waals surface area contributed by atoms with Gasteiger partial charge in [-0.05, 0) is 54.0 Å². The summed E-state index contributed by atoms with van der Waals surface area (Å²) in [5.74, 6) is 0.231. The summed E-state index contributed by atoms with van der Waals surface area (Å²) >= 11 is 7.27. The summed E-state index contributed by atoms with van der Waals surface area (Å²) in [4.78, 5) is 26.3. The molecule has 0 fully saturated rings. The van der Waals surface area contributed by atoms with Crippen molar-refractivity contribution in [3.63, 3.8) is 0 Å². The standard InChI is InChI=1S/C30H26ClNO5S/c1-19-27(22-7-5-4-6-8-22)28(30(34)36-3)29(38-19)32-26(33)16-12-20-11-15-24(25(17-20)35-2)37-18-21-9-13-23(31)14-10-21/h4-17H,18H2,1-3H3,(H,32,33). The van der Waals surface area contributed by atoms with Crippen molar-refractivity contribution in [2.24, 2.45) is 0 Å². The molecule has 0 bridgehead atoms. The number of amides is 1. The molecular formula is C30H26ClNO5S. The lowest BCUT2D eigenvalue weighted by Crippen LogP contribution is -2.11. The van der Waals surface area contributed by atoms with E-state index < -0.39 is 5.97 Å². The van der Waals surface area contributed by atoms with E-state index in [2.05, 4.69) is 5.32 Å². The summed E-state index contributed by atoms with van der Waals surface area (Å²) in [6.45, 7) is 2.27. The first-order valence-corrected chi connectivity index (χ1v) is 12.9. The summed E-state index contributed by atoms with van der Waals surface area (Å²) < 4.78 is 16.4. The maximum Gasteiger partial charge on any atom is 0.341 e. The highest BCUT2D eigenvalue weighted by molar-refractivity contribution is 7.17. The molecule has 0 aliphatic rings. The Morgan fingerprint density at radius 2 is 1.71 bits per heavy atom. The Bertz CT molecular complexity index is 1460. The van der Waals surface area contributed by atoms with Gasteiger partial charge >= 0.3 is 5.97 Å². The van der Waals surface area contributed by atoms with Gasteiger partial charge in [0.25, 0.3) is 0 Å². The fourth-order valence-electron chi connectivity index (χ4n) is 3.86. The minimum absolute atomic E-state index is 0.340. The summed E-state index contributed by atoms with van der Waals surface area (Å²) in [7, 11) is 2.88. The van der Waals surface area contributed by atoms with Crippen LogP contribution in [-0.4, -0.2) is 26.1 Å². The zero-order chi connectivity index (χ0) is 27.1. The van der Waals surface area contributed by atoms with Crippen LogP contribution in [0.5, 0.6) is 11.5 Å². The molecule has 0 atom stereocenters. The number of rotatable bonds is 9. The number of carbonyl (C=O) groups is 2. The highest BCUT2D eigenvalue weighted by atomic mass is 35.5. The van der Waals surface area contributed by atoms with Crippen LogP contribution in [0.4, 0.5) is 5.00 Å². The minimum atomic E-state index is -0.508. The number of esters is 1. The van der Waals surface area contributed by atoms with Crippen molar-refractivity contribution in [1.29, 1.82) is 0 Å². The number of thiophene rings is 1. The molecule has 4 rings (SSSR count). The van der Waals surface area contributed by atoms with Crippen molar-refractivity contribution in [1.82, 2.24) is 0 Å². The third kappa shape index (κ3) is 6.43. The van der Waals surface area contributed by atoms with Crippen LogP contribution >= 0.6 is 22.9 Å². The van der Waals surface area contributed by atoms with Crippen LogP contribution in [0, 0.1) is 6.92 Å². The molecule has 1 aromatic heterocycles. The first-order chi connectivity index (χ1) is 18.4. The number of hydrogen-bond acceptors (Lipinski definition) is 6. The van der Waals surface area contributed by atoms with E-state index in [1.807, 2.05) is 67.6 Å². The van der Waals surface area contributed by atoms with Crippen molar-refractivity contribution in [3.8, 4) is 22.6 Å². The van der Waals surface area contributed by atoms with Gasteiger partial charge in [0, 0.05) is 21.5 Å². The lowest BCUT2D eigenvalue weighted by Gasteiger charge is -2.11. The van der Waals surface area contributed by atoms with Crippen LogP contribution in [-0.2, 0) is 16.1 Å². The molecule has 4 aromatic rings. The first-order valence-electron chi connectivity index (χ1n) is 11.7. The van der Waals surface area contributed by atoms with Gasteiger partial charge in [-0.3, -0.25) is 4.79 Å². The van der Waals surface area contributed by atoms with Crippen molar-refractivity contribution >= 4 is 45.9 Å². The number of carbonyl (C=O) groups excluding carboxylic acids is 2. The highest BCUT2D eigenvalue weighted by Crippen LogP contribution is 2.40. The largest absolute Gasteiger partial charge is 0.493 e. The highest BCUT2D eigenvalue weighted by Gasteiger charge is 2.24. The Morgan fingerprint density at radius 1 is 0.974 bits per heavy atom. The van der Waals surface area contributed by atoms with E-state index in [-0.39, 0.29) is 5.91 Å². The topological polar surface area (TPSA) is 73.9 Å². The molecule has 3 aromatic carbocycles. The van der Waals surface area contributed by atoms with E-state index in [1.165, 1.54) is 24.5 Å². The Kier molecular flexibility index (Phi) is 8.84. The van der Waals surface area contributed by atoms with Gasteiger partial charge in [0.05, 0.1) is 14.2 Å². The quantitative estimate of drug-likeness (QED) is 0.174.